The fourth-order valence-corrected chi connectivity index (χ4v) is 1.72. The number of rotatable bonds is 4. The number of carbonyl (C=O) groups excluding carboxylic acids is 1. The van der Waals surface area contributed by atoms with E-state index in [-0.39, 0.29) is 17.5 Å². The largest absolute Gasteiger partial charge is 0.349 e. The Kier molecular flexibility index (Phi) is 4.15. The van der Waals surface area contributed by atoms with Crippen molar-refractivity contribution < 1.29 is 4.79 Å². The van der Waals surface area contributed by atoms with Gasteiger partial charge >= 0.3 is 0 Å². The highest BCUT2D eigenvalue weighted by Gasteiger charge is 2.24. The fourth-order valence-electron chi connectivity index (χ4n) is 1.72. The van der Waals surface area contributed by atoms with Crippen LogP contribution < -0.4 is 5.32 Å². The van der Waals surface area contributed by atoms with Crippen LogP contribution in [0.3, 0.4) is 0 Å². The molecule has 1 aliphatic rings. The maximum atomic E-state index is 11.8. The molecule has 0 radical (unpaired) electrons. The van der Waals surface area contributed by atoms with Gasteiger partial charge in [0.15, 0.2) is 0 Å². The first-order valence-corrected chi connectivity index (χ1v) is 6.35. The van der Waals surface area contributed by atoms with Gasteiger partial charge in [0.25, 0.3) is 5.91 Å². The van der Waals surface area contributed by atoms with Gasteiger partial charge in [-0.15, -0.1) is 0 Å². The van der Waals surface area contributed by atoms with Crippen molar-refractivity contribution in [2.75, 3.05) is 0 Å². The average molecular weight is 252 g/mol. The molecule has 3 heteroatoms. The normalized spacial score (nSPS) is 15.8. The van der Waals surface area contributed by atoms with Crippen LogP contribution in [0.4, 0.5) is 0 Å². The number of hydrogen-bond acceptors (Lipinski definition) is 2. The molecule has 0 spiro atoms. The van der Waals surface area contributed by atoms with Crippen molar-refractivity contribution in [1.82, 2.24) is 5.32 Å². The first-order chi connectivity index (χ1) is 9.19. The van der Waals surface area contributed by atoms with Gasteiger partial charge in [-0.2, -0.15) is 5.26 Å². The van der Waals surface area contributed by atoms with Crippen LogP contribution in [0, 0.1) is 11.3 Å². The third-order valence-corrected chi connectivity index (χ3v) is 2.84. The molecule has 0 saturated heterocycles. The van der Waals surface area contributed by atoms with Crippen LogP contribution in [-0.2, 0) is 4.79 Å². The number of amides is 1. The van der Waals surface area contributed by atoms with Gasteiger partial charge in [0, 0.05) is 6.04 Å². The van der Waals surface area contributed by atoms with Crippen molar-refractivity contribution >= 4 is 12.0 Å². The maximum absolute atomic E-state index is 11.8. The molecule has 1 fully saturated rings. The van der Waals surface area contributed by atoms with Crippen molar-refractivity contribution in [3.63, 3.8) is 0 Å². The van der Waals surface area contributed by atoms with Crippen molar-refractivity contribution in [2.45, 2.75) is 25.8 Å². The molecule has 0 heterocycles. The highest BCUT2D eigenvalue weighted by atomic mass is 16.1. The number of allylic oxidation sites excluding steroid dienone is 2. The molecule has 0 aromatic heterocycles. The zero-order valence-corrected chi connectivity index (χ0v) is 10.9. The zero-order valence-electron chi connectivity index (χ0n) is 10.9. The van der Waals surface area contributed by atoms with Gasteiger partial charge in [0.1, 0.15) is 11.6 Å². The lowest BCUT2D eigenvalue weighted by Gasteiger charge is -2.01. The third kappa shape index (κ3) is 4.11. The number of hydrogen-bond donors (Lipinski definition) is 1. The van der Waals surface area contributed by atoms with Crippen molar-refractivity contribution in [1.29, 1.82) is 5.26 Å². The number of carbonyl (C=O) groups is 1. The van der Waals surface area contributed by atoms with E-state index in [0.717, 1.165) is 24.0 Å². The summed E-state index contributed by atoms with van der Waals surface area (Å²) in [5.74, 6) is -0.272. The molecular weight excluding hydrogens is 236 g/mol. The molecule has 0 bridgehead atoms. The van der Waals surface area contributed by atoms with Crippen molar-refractivity contribution in [2.24, 2.45) is 0 Å². The van der Waals surface area contributed by atoms with Gasteiger partial charge in [-0.25, -0.2) is 0 Å². The maximum Gasteiger partial charge on any atom is 0.262 e. The molecule has 19 heavy (non-hydrogen) atoms. The first-order valence-electron chi connectivity index (χ1n) is 6.35. The van der Waals surface area contributed by atoms with E-state index in [1.165, 1.54) is 0 Å². The Bertz CT molecular complexity index is 560. The standard InChI is InChI=1S/C16H16N2O/c1-12(9-13-5-3-2-4-6-13)10-14(11-17)16(19)18-15-7-8-15/h2-6,9-10,15H,7-8H2,1H3,(H,18,19). The molecule has 1 amide bonds. The number of nitrogens with one attached hydrogen (secondary N) is 1. The lowest BCUT2D eigenvalue weighted by molar-refractivity contribution is -0.117. The second-order valence-corrected chi connectivity index (χ2v) is 4.72. The van der Waals surface area contributed by atoms with Crippen molar-refractivity contribution in [3.05, 3.63) is 53.1 Å². The summed E-state index contributed by atoms with van der Waals surface area (Å²) >= 11 is 0. The Morgan fingerprint density at radius 2 is 2.05 bits per heavy atom. The molecule has 0 aliphatic heterocycles. The summed E-state index contributed by atoms with van der Waals surface area (Å²) in [6.07, 6.45) is 5.61. The predicted molar refractivity (Wildman–Crippen MR) is 75.0 cm³/mol. The molecule has 1 aromatic rings. The molecule has 3 nitrogen and oxygen atoms in total. The van der Waals surface area contributed by atoms with E-state index >= 15 is 0 Å². The lowest BCUT2D eigenvalue weighted by atomic mass is 10.1. The minimum Gasteiger partial charge on any atom is -0.349 e. The number of nitrogens with zero attached hydrogens (tertiary/aromatic N) is 1. The predicted octanol–water partition coefficient (Wildman–Crippen LogP) is 2.82. The Balaban J connectivity index is 2.10. The van der Waals surface area contributed by atoms with Crippen LogP contribution in [0.25, 0.3) is 6.08 Å². The van der Waals surface area contributed by atoms with E-state index in [4.69, 9.17) is 5.26 Å². The van der Waals surface area contributed by atoms with E-state index in [9.17, 15) is 4.79 Å². The third-order valence-electron chi connectivity index (χ3n) is 2.84. The van der Waals surface area contributed by atoms with E-state index in [1.54, 1.807) is 6.08 Å². The van der Waals surface area contributed by atoms with Gasteiger partial charge in [-0.05, 0) is 37.0 Å². The second-order valence-electron chi connectivity index (χ2n) is 4.72. The zero-order chi connectivity index (χ0) is 13.7. The quantitative estimate of drug-likeness (QED) is 0.509. The van der Waals surface area contributed by atoms with E-state index < -0.39 is 0 Å². The summed E-state index contributed by atoms with van der Waals surface area (Å²) in [7, 11) is 0. The van der Waals surface area contributed by atoms with Gasteiger partial charge in [-0.1, -0.05) is 36.4 Å². The molecular formula is C16H16N2O. The van der Waals surface area contributed by atoms with Crippen LogP contribution in [0.1, 0.15) is 25.3 Å². The molecule has 96 valence electrons. The van der Waals surface area contributed by atoms with E-state index in [0.29, 0.717) is 0 Å². The Labute approximate surface area is 113 Å². The Hall–Kier alpha value is -2.34. The smallest absolute Gasteiger partial charge is 0.262 e. The SMILES string of the molecule is CC(=Cc1ccccc1)C=C(C#N)C(=O)NC1CC1. The Morgan fingerprint density at radius 1 is 1.37 bits per heavy atom. The summed E-state index contributed by atoms with van der Waals surface area (Å²) in [6.45, 7) is 1.88. The van der Waals surface area contributed by atoms with Crippen LogP contribution >= 0.6 is 0 Å². The first kappa shape index (κ1) is 13.1. The summed E-state index contributed by atoms with van der Waals surface area (Å²) in [4.78, 5) is 11.8. The van der Waals surface area contributed by atoms with Gasteiger partial charge in [-0.3, -0.25) is 4.79 Å². The van der Waals surface area contributed by atoms with Crippen LogP contribution in [0.2, 0.25) is 0 Å². The van der Waals surface area contributed by atoms with Crippen molar-refractivity contribution in [3.8, 4) is 6.07 Å². The topological polar surface area (TPSA) is 52.9 Å². The van der Waals surface area contributed by atoms with Gasteiger partial charge in [0.2, 0.25) is 0 Å². The lowest BCUT2D eigenvalue weighted by Crippen LogP contribution is -2.26. The minimum absolute atomic E-state index is 0.164. The second kappa shape index (κ2) is 6.01. The van der Waals surface area contributed by atoms with Gasteiger partial charge < -0.3 is 5.32 Å². The summed E-state index contributed by atoms with van der Waals surface area (Å²) in [5, 5.41) is 11.9. The number of benzene rings is 1. The summed E-state index contributed by atoms with van der Waals surface area (Å²) in [5.41, 5.74) is 2.10. The molecule has 1 aromatic carbocycles. The molecule has 0 atom stereocenters. The Morgan fingerprint density at radius 3 is 2.63 bits per heavy atom. The molecule has 0 unspecified atom stereocenters. The molecule has 1 N–H and O–H groups in total. The van der Waals surface area contributed by atoms with E-state index in [1.807, 2.05) is 49.4 Å². The molecule has 1 saturated carbocycles. The minimum atomic E-state index is -0.272. The van der Waals surface area contributed by atoms with Crippen LogP contribution in [0.5, 0.6) is 0 Å². The number of nitriles is 1. The highest BCUT2D eigenvalue weighted by Crippen LogP contribution is 2.19. The highest BCUT2D eigenvalue weighted by molar-refractivity contribution is 5.98. The fraction of sp³-hybridized carbons (Fsp3) is 0.250. The van der Waals surface area contributed by atoms with Crippen LogP contribution in [0.15, 0.2) is 47.6 Å². The summed E-state index contributed by atoms with van der Waals surface area (Å²) in [6, 6.07) is 12.0. The van der Waals surface area contributed by atoms with Gasteiger partial charge in [0.05, 0.1) is 0 Å². The average Bonchev–Trinajstić information content (AvgIpc) is 3.21. The molecule has 1 aliphatic carbocycles. The van der Waals surface area contributed by atoms with Crippen LogP contribution in [-0.4, -0.2) is 11.9 Å². The van der Waals surface area contributed by atoms with E-state index in [2.05, 4.69) is 5.32 Å². The summed E-state index contributed by atoms with van der Waals surface area (Å²) < 4.78 is 0. The molecule has 2 rings (SSSR count). The monoisotopic (exact) mass is 252 g/mol.